The number of alkyl halides is 2. The maximum Gasteiger partial charge on any atom is 0.387 e. The zero-order valence-corrected chi connectivity index (χ0v) is 18.6. The number of aliphatic imine (C=N–C) groups is 1. The van der Waals surface area contributed by atoms with E-state index in [0.717, 1.165) is 32.1 Å². The van der Waals surface area contributed by atoms with Gasteiger partial charge in [0, 0.05) is 19.0 Å². The number of hydrogen-bond donors (Lipinski definition) is 1. The summed E-state index contributed by atoms with van der Waals surface area (Å²) in [7, 11) is 0. The van der Waals surface area contributed by atoms with Crippen molar-refractivity contribution in [1.29, 1.82) is 0 Å². The Morgan fingerprint density at radius 2 is 2.03 bits per heavy atom. The first-order valence-electron chi connectivity index (χ1n) is 11.1. The van der Waals surface area contributed by atoms with Crippen LogP contribution in [0.5, 0.6) is 5.75 Å². The number of rotatable bonds is 9. The predicted molar refractivity (Wildman–Crippen MR) is 120 cm³/mol. The minimum absolute atomic E-state index is 0.0508. The molecular formula is C23H27F2N3O3S. The molecule has 1 saturated carbocycles. The van der Waals surface area contributed by atoms with E-state index in [4.69, 9.17) is 0 Å². The van der Waals surface area contributed by atoms with Crippen molar-refractivity contribution in [2.75, 3.05) is 6.54 Å². The molecule has 0 radical (unpaired) electrons. The van der Waals surface area contributed by atoms with Gasteiger partial charge >= 0.3 is 6.61 Å². The standard InChI is InChI=1S/C23H27F2N3O3S/c24-22(25)31-18-10-8-17(9-11-18)27-23-28(13-12-15-4-2-1-3-5-15)21(30)19(32-23)14-20(29)26-16-6-7-16/h4,8-11,16,19,22H,1-3,5-7,12-14H2,(H,26,29). The molecule has 0 spiro atoms. The molecule has 4 rings (SSSR count). The van der Waals surface area contributed by atoms with Gasteiger partial charge in [0.2, 0.25) is 11.8 Å². The summed E-state index contributed by atoms with van der Waals surface area (Å²) >= 11 is 1.29. The fourth-order valence-electron chi connectivity index (χ4n) is 3.81. The van der Waals surface area contributed by atoms with Crippen molar-refractivity contribution in [1.82, 2.24) is 10.2 Å². The highest BCUT2D eigenvalue weighted by Crippen LogP contribution is 2.33. The fraction of sp³-hybridized carbons (Fsp3) is 0.522. The fourth-order valence-corrected chi connectivity index (χ4v) is 5.00. The Balaban J connectivity index is 1.47. The number of halogens is 2. The molecule has 1 N–H and O–H groups in total. The van der Waals surface area contributed by atoms with E-state index in [1.807, 2.05) is 0 Å². The molecule has 2 fully saturated rings. The summed E-state index contributed by atoms with van der Waals surface area (Å²) in [6.07, 6.45) is 9.68. The molecule has 32 heavy (non-hydrogen) atoms. The molecular weight excluding hydrogens is 436 g/mol. The van der Waals surface area contributed by atoms with Gasteiger partial charge in [-0.2, -0.15) is 8.78 Å². The molecule has 1 heterocycles. The van der Waals surface area contributed by atoms with Gasteiger partial charge in [0.25, 0.3) is 0 Å². The molecule has 172 valence electrons. The van der Waals surface area contributed by atoms with Gasteiger partial charge in [0.1, 0.15) is 11.0 Å². The summed E-state index contributed by atoms with van der Waals surface area (Å²) in [6.45, 7) is -2.37. The third-order valence-electron chi connectivity index (χ3n) is 5.66. The second kappa shape index (κ2) is 10.5. The van der Waals surface area contributed by atoms with Crippen molar-refractivity contribution >= 4 is 34.4 Å². The summed E-state index contributed by atoms with van der Waals surface area (Å²) in [4.78, 5) is 31.7. The van der Waals surface area contributed by atoms with E-state index >= 15 is 0 Å². The molecule has 2 aliphatic carbocycles. The number of ether oxygens (including phenoxy) is 1. The quantitative estimate of drug-likeness (QED) is 0.535. The maximum atomic E-state index is 13.1. The van der Waals surface area contributed by atoms with Gasteiger partial charge in [0.05, 0.1) is 5.69 Å². The first-order chi connectivity index (χ1) is 15.5. The summed E-state index contributed by atoms with van der Waals surface area (Å²) in [5.41, 5.74) is 1.89. The van der Waals surface area contributed by atoms with Crippen molar-refractivity contribution < 1.29 is 23.1 Å². The number of carbonyl (C=O) groups is 2. The summed E-state index contributed by atoms with van der Waals surface area (Å²) in [5.74, 6) is -0.161. The van der Waals surface area contributed by atoms with Crippen LogP contribution >= 0.6 is 11.8 Å². The third-order valence-corrected chi connectivity index (χ3v) is 6.84. The van der Waals surface area contributed by atoms with Crippen molar-refractivity contribution in [3.8, 4) is 5.75 Å². The molecule has 6 nitrogen and oxygen atoms in total. The first kappa shape index (κ1) is 22.8. The van der Waals surface area contributed by atoms with Crippen LogP contribution in [0.2, 0.25) is 0 Å². The van der Waals surface area contributed by atoms with E-state index in [0.29, 0.717) is 17.4 Å². The molecule has 1 aliphatic heterocycles. The van der Waals surface area contributed by atoms with Crippen LogP contribution in [0.1, 0.15) is 51.4 Å². The number of nitrogens with zero attached hydrogens (tertiary/aromatic N) is 2. The maximum absolute atomic E-state index is 13.1. The Kier molecular flexibility index (Phi) is 7.44. The van der Waals surface area contributed by atoms with Crippen LogP contribution in [-0.4, -0.2) is 46.3 Å². The Labute approximate surface area is 190 Å². The summed E-state index contributed by atoms with van der Waals surface area (Å²) in [5, 5.41) is 2.97. The van der Waals surface area contributed by atoms with E-state index in [1.54, 1.807) is 17.0 Å². The largest absolute Gasteiger partial charge is 0.435 e. The van der Waals surface area contributed by atoms with Gasteiger partial charge in [-0.05, 0) is 69.2 Å². The first-order valence-corrected chi connectivity index (χ1v) is 11.9. The van der Waals surface area contributed by atoms with Crippen molar-refractivity contribution in [2.45, 2.75) is 69.3 Å². The van der Waals surface area contributed by atoms with Crippen molar-refractivity contribution in [3.05, 3.63) is 35.9 Å². The van der Waals surface area contributed by atoms with Crippen LogP contribution in [0, 0.1) is 0 Å². The minimum Gasteiger partial charge on any atom is -0.435 e. The zero-order valence-electron chi connectivity index (χ0n) is 17.8. The van der Waals surface area contributed by atoms with Crippen molar-refractivity contribution in [2.24, 2.45) is 4.99 Å². The molecule has 1 atom stereocenters. The average Bonchev–Trinajstić information content (AvgIpc) is 3.53. The lowest BCUT2D eigenvalue weighted by atomic mass is 9.97. The molecule has 1 aromatic carbocycles. The van der Waals surface area contributed by atoms with Crippen LogP contribution in [0.25, 0.3) is 0 Å². The Morgan fingerprint density at radius 1 is 1.25 bits per heavy atom. The highest BCUT2D eigenvalue weighted by molar-refractivity contribution is 8.15. The van der Waals surface area contributed by atoms with E-state index in [2.05, 4.69) is 21.1 Å². The van der Waals surface area contributed by atoms with Gasteiger partial charge in [-0.1, -0.05) is 23.4 Å². The Hall–Kier alpha value is -2.42. The number of benzene rings is 1. The second-order valence-electron chi connectivity index (χ2n) is 8.27. The topological polar surface area (TPSA) is 71.0 Å². The number of thioether (sulfide) groups is 1. The number of hydrogen-bond acceptors (Lipinski definition) is 5. The lowest BCUT2D eigenvalue weighted by Crippen LogP contribution is -2.36. The predicted octanol–water partition coefficient (Wildman–Crippen LogP) is 4.78. The zero-order chi connectivity index (χ0) is 22.5. The number of nitrogens with one attached hydrogen (secondary N) is 1. The normalized spacial score (nSPS) is 22.4. The summed E-state index contributed by atoms with van der Waals surface area (Å²) < 4.78 is 29.1. The van der Waals surface area contributed by atoms with Crippen molar-refractivity contribution in [3.63, 3.8) is 0 Å². The van der Waals surface area contributed by atoms with Gasteiger partial charge < -0.3 is 10.1 Å². The van der Waals surface area contributed by atoms with Gasteiger partial charge in [-0.3, -0.25) is 14.5 Å². The SMILES string of the molecule is O=C(CC1SC(=Nc2ccc(OC(F)F)cc2)N(CCC2=CCCCC2)C1=O)NC1CC1. The van der Waals surface area contributed by atoms with E-state index in [1.165, 1.54) is 42.3 Å². The molecule has 0 aromatic heterocycles. The van der Waals surface area contributed by atoms with Crippen LogP contribution in [-0.2, 0) is 9.59 Å². The van der Waals surface area contributed by atoms with Gasteiger partial charge in [-0.25, -0.2) is 4.99 Å². The number of allylic oxidation sites excluding steroid dienone is 1. The highest BCUT2D eigenvalue weighted by atomic mass is 32.2. The third kappa shape index (κ3) is 6.31. The Bertz CT molecular complexity index is 900. The highest BCUT2D eigenvalue weighted by Gasteiger charge is 2.39. The van der Waals surface area contributed by atoms with E-state index in [9.17, 15) is 18.4 Å². The lowest BCUT2D eigenvalue weighted by Gasteiger charge is -2.19. The van der Waals surface area contributed by atoms with E-state index in [-0.39, 0.29) is 30.0 Å². The molecule has 2 amide bonds. The smallest absolute Gasteiger partial charge is 0.387 e. The number of amidine groups is 1. The van der Waals surface area contributed by atoms with E-state index < -0.39 is 11.9 Å². The van der Waals surface area contributed by atoms with Gasteiger partial charge in [0.15, 0.2) is 5.17 Å². The number of carbonyl (C=O) groups excluding carboxylic acids is 2. The number of amides is 2. The lowest BCUT2D eigenvalue weighted by molar-refractivity contribution is -0.129. The minimum atomic E-state index is -2.89. The summed E-state index contributed by atoms with van der Waals surface area (Å²) in [6, 6.07) is 6.24. The van der Waals surface area contributed by atoms with Crippen LogP contribution in [0.4, 0.5) is 14.5 Å². The molecule has 0 bridgehead atoms. The molecule has 1 aromatic rings. The van der Waals surface area contributed by atoms with Crippen LogP contribution in [0.15, 0.2) is 40.9 Å². The van der Waals surface area contributed by atoms with Crippen LogP contribution in [0.3, 0.4) is 0 Å². The monoisotopic (exact) mass is 463 g/mol. The molecule has 3 aliphatic rings. The van der Waals surface area contributed by atoms with Crippen LogP contribution < -0.4 is 10.1 Å². The second-order valence-corrected chi connectivity index (χ2v) is 9.44. The molecule has 1 saturated heterocycles. The van der Waals surface area contributed by atoms with Gasteiger partial charge in [-0.15, -0.1) is 0 Å². The Morgan fingerprint density at radius 3 is 2.69 bits per heavy atom. The molecule has 9 heteroatoms. The average molecular weight is 464 g/mol. The molecule has 1 unspecified atom stereocenters.